The van der Waals surface area contributed by atoms with Crippen molar-refractivity contribution in [2.24, 2.45) is 0 Å². The Kier molecular flexibility index (Phi) is 5.67. The highest BCUT2D eigenvalue weighted by atomic mass is 32.1. The SMILES string of the molecule is O=C(COC(=O)Cc1cn2ccsc2n1)Nc1ccccc1Cc1ccccc1. The highest BCUT2D eigenvalue weighted by Gasteiger charge is 2.13. The number of aromatic nitrogens is 2. The van der Waals surface area contributed by atoms with Gasteiger partial charge in [-0.1, -0.05) is 48.5 Å². The zero-order valence-corrected chi connectivity index (χ0v) is 16.4. The molecule has 146 valence electrons. The maximum absolute atomic E-state index is 12.3. The van der Waals surface area contributed by atoms with Crippen molar-refractivity contribution in [3.63, 3.8) is 0 Å². The van der Waals surface area contributed by atoms with Crippen LogP contribution in [0.15, 0.2) is 72.4 Å². The molecular weight excluding hydrogens is 386 g/mol. The second-order valence-corrected chi connectivity index (χ2v) is 7.40. The van der Waals surface area contributed by atoms with E-state index in [-0.39, 0.29) is 18.9 Å². The molecule has 0 saturated carbocycles. The van der Waals surface area contributed by atoms with Gasteiger partial charge in [-0.15, -0.1) is 11.3 Å². The number of rotatable bonds is 7. The number of para-hydroxylation sites is 1. The lowest BCUT2D eigenvalue weighted by Crippen LogP contribution is -2.22. The van der Waals surface area contributed by atoms with Gasteiger partial charge >= 0.3 is 5.97 Å². The van der Waals surface area contributed by atoms with Gasteiger partial charge in [0, 0.05) is 23.5 Å². The average molecular weight is 405 g/mol. The first-order valence-electron chi connectivity index (χ1n) is 9.16. The third-order valence-electron chi connectivity index (χ3n) is 4.36. The number of carbonyl (C=O) groups is 2. The molecule has 2 aromatic heterocycles. The van der Waals surface area contributed by atoms with Crippen LogP contribution in [0.4, 0.5) is 5.69 Å². The number of ether oxygens (including phenoxy) is 1. The molecule has 0 aliphatic heterocycles. The number of nitrogens with zero attached hydrogens (tertiary/aromatic N) is 2. The van der Waals surface area contributed by atoms with E-state index in [0.717, 1.165) is 16.1 Å². The van der Waals surface area contributed by atoms with Crippen molar-refractivity contribution < 1.29 is 14.3 Å². The van der Waals surface area contributed by atoms with E-state index < -0.39 is 5.97 Å². The highest BCUT2D eigenvalue weighted by Crippen LogP contribution is 2.19. The van der Waals surface area contributed by atoms with Gasteiger partial charge in [-0.05, 0) is 23.6 Å². The maximum atomic E-state index is 12.3. The number of carbonyl (C=O) groups excluding carboxylic acids is 2. The first-order chi connectivity index (χ1) is 14.2. The van der Waals surface area contributed by atoms with Gasteiger partial charge in [0.2, 0.25) is 0 Å². The van der Waals surface area contributed by atoms with Crippen LogP contribution in [0.25, 0.3) is 4.96 Å². The van der Waals surface area contributed by atoms with Crippen molar-refractivity contribution in [1.82, 2.24) is 9.38 Å². The molecule has 0 unspecified atom stereocenters. The zero-order valence-electron chi connectivity index (χ0n) is 15.6. The molecule has 4 rings (SSSR count). The Morgan fingerprint density at radius 2 is 1.86 bits per heavy atom. The normalized spacial score (nSPS) is 10.8. The van der Waals surface area contributed by atoms with Crippen LogP contribution in [0.2, 0.25) is 0 Å². The minimum absolute atomic E-state index is 0.0340. The van der Waals surface area contributed by atoms with Crippen molar-refractivity contribution in [3.8, 4) is 0 Å². The highest BCUT2D eigenvalue weighted by molar-refractivity contribution is 7.15. The Morgan fingerprint density at radius 3 is 2.69 bits per heavy atom. The Morgan fingerprint density at radius 1 is 1.07 bits per heavy atom. The predicted octanol–water partition coefficient (Wildman–Crippen LogP) is 3.71. The van der Waals surface area contributed by atoms with Crippen LogP contribution in [0.5, 0.6) is 0 Å². The quantitative estimate of drug-likeness (QED) is 0.476. The predicted molar refractivity (Wildman–Crippen MR) is 112 cm³/mol. The van der Waals surface area contributed by atoms with Gasteiger partial charge in [-0.25, -0.2) is 4.98 Å². The van der Waals surface area contributed by atoms with E-state index in [1.807, 2.05) is 70.6 Å². The van der Waals surface area contributed by atoms with Gasteiger partial charge in [0.05, 0.1) is 12.1 Å². The number of thiazole rings is 1. The molecule has 2 aromatic carbocycles. The number of nitrogens with one attached hydrogen (secondary N) is 1. The topological polar surface area (TPSA) is 72.7 Å². The van der Waals surface area contributed by atoms with Crippen LogP contribution in [0.3, 0.4) is 0 Å². The number of hydrogen-bond donors (Lipinski definition) is 1. The minimum atomic E-state index is -0.483. The number of imidazole rings is 1. The van der Waals surface area contributed by atoms with Crippen molar-refractivity contribution in [3.05, 3.63) is 89.2 Å². The van der Waals surface area contributed by atoms with Crippen LogP contribution in [-0.4, -0.2) is 27.9 Å². The number of benzene rings is 2. The maximum Gasteiger partial charge on any atom is 0.312 e. The number of anilines is 1. The van der Waals surface area contributed by atoms with Crippen molar-refractivity contribution in [2.75, 3.05) is 11.9 Å². The Labute approximate surface area is 171 Å². The summed E-state index contributed by atoms with van der Waals surface area (Å²) in [4.78, 5) is 29.5. The lowest BCUT2D eigenvalue weighted by molar-refractivity contribution is -0.146. The molecule has 1 N–H and O–H groups in total. The van der Waals surface area contributed by atoms with Crippen LogP contribution in [0, 0.1) is 0 Å². The number of hydrogen-bond acceptors (Lipinski definition) is 5. The molecule has 1 amide bonds. The summed E-state index contributed by atoms with van der Waals surface area (Å²) in [5.41, 5.74) is 3.49. The fourth-order valence-corrected chi connectivity index (χ4v) is 3.72. The fraction of sp³-hybridized carbons (Fsp3) is 0.136. The second-order valence-electron chi connectivity index (χ2n) is 6.53. The van der Waals surface area contributed by atoms with Gasteiger partial charge in [-0.3, -0.25) is 14.0 Å². The van der Waals surface area contributed by atoms with Gasteiger partial charge in [0.15, 0.2) is 11.6 Å². The van der Waals surface area contributed by atoms with Gasteiger partial charge < -0.3 is 10.1 Å². The van der Waals surface area contributed by atoms with Gasteiger partial charge in [0.1, 0.15) is 0 Å². The largest absolute Gasteiger partial charge is 0.455 e. The number of fused-ring (bicyclic) bond motifs is 1. The summed E-state index contributed by atoms with van der Waals surface area (Å²) in [6.45, 7) is -0.333. The van der Waals surface area contributed by atoms with E-state index in [9.17, 15) is 9.59 Å². The third-order valence-corrected chi connectivity index (χ3v) is 5.13. The van der Waals surface area contributed by atoms with E-state index >= 15 is 0 Å². The molecule has 7 heteroatoms. The van der Waals surface area contributed by atoms with Crippen LogP contribution < -0.4 is 5.32 Å². The van der Waals surface area contributed by atoms with Crippen molar-refractivity contribution in [2.45, 2.75) is 12.8 Å². The first kappa shape index (κ1) is 18.9. The van der Waals surface area contributed by atoms with E-state index in [1.54, 1.807) is 6.20 Å². The smallest absolute Gasteiger partial charge is 0.312 e. The molecule has 2 heterocycles. The lowest BCUT2D eigenvalue weighted by Gasteiger charge is -2.11. The standard InChI is InChI=1S/C22H19N3O3S/c26-20(15-28-21(27)13-18-14-25-10-11-29-22(25)23-18)24-19-9-5-4-8-17(19)12-16-6-2-1-3-7-16/h1-11,14H,12-13,15H2,(H,24,26). The summed E-state index contributed by atoms with van der Waals surface area (Å²) in [5, 5.41) is 4.75. The third kappa shape index (κ3) is 4.89. The molecule has 0 saturated heterocycles. The lowest BCUT2D eigenvalue weighted by atomic mass is 10.0. The molecule has 0 spiro atoms. The summed E-state index contributed by atoms with van der Waals surface area (Å²) < 4.78 is 6.96. The van der Waals surface area contributed by atoms with Crippen LogP contribution in [-0.2, 0) is 27.2 Å². The van der Waals surface area contributed by atoms with Crippen LogP contribution in [0.1, 0.15) is 16.8 Å². The second kappa shape index (κ2) is 8.70. The summed E-state index contributed by atoms with van der Waals surface area (Å²) >= 11 is 1.49. The molecule has 0 bridgehead atoms. The first-order valence-corrected chi connectivity index (χ1v) is 10.0. The van der Waals surface area contributed by atoms with E-state index in [0.29, 0.717) is 17.8 Å². The van der Waals surface area contributed by atoms with Gasteiger partial charge in [-0.2, -0.15) is 0 Å². The van der Waals surface area contributed by atoms with Crippen LogP contribution >= 0.6 is 11.3 Å². The summed E-state index contributed by atoms with van der Waals surface area (Å²) in [6, 6.07) is 17.6. The molecular formula is C22H19N3O3S. The molecule has 0 radical (unpaired) electrons. The molecule has 4 aromatic rings. The molecule has 0 aliphatic carbocycles. The Balaban J connectivity index is 1.31. The Bertz CT molecular complexity index is 1110. The minimum Gasteiger partial charge on any atom is -0.455 e. The zero-order chi connectivity index (χ0) is 20.1. The van der Waals surface area contributed by atoms with Crippen molar-refractivity contribution >= 4 is 33.9 Å². The fourth-order valence-electron chi connectivity index (χ4n) is 3.00. The van der Waals surface area contributed by atoms with Gasteiger partial charge in [0.25, 0.3) is 5.91 Å². The molecule has 0 aliphatic rings. The van der Waals surface area contributed by atoms with E-state index in [2.05, 4.69) is 10.3 Å². The summed E-state index contributed by atoms with van der Waals surface area (Å²) in [5.74, 6) is -0.854. The molecule has 0 atom stereocenters. The molecule has 6 nitrogen and oxygen atoms in total. The molecule has 0 fully saturated rings. The summed E-state index contributed by atoms with van der Waals surface area (Å²) in [7, 11) is 0. The van der Waals surface area contributed by atoms with E-state index in [1.165, 1.54) is 11.3 Å². The van der Waals surface area contributed by atoms with E-state index in [4.69, 9.17) is 4.74 Å². The monoisotopic (exact) mass is 405 g/mol. The number of esters is 1. The Hall–Kier alpha value is -3.45. The average Bonchev–Trinajstić information content (AvgIpc) is 3.30. The van der Waals surface area contributed by atoms with Crippen molar-refractivity contribution in [1.29, 1.82) is 0 Å². The summed E-state index contributed by atoms with van der Waals surface area (Å²) in [6.07, 6.45) is 4.40. The molecule has 29 heavy (non-hydrogen) atoms. The number of amides is 1.